The third kappa shape index (κ3) is 5.89. The number of halogens is 1. The topological polar surface area (TPSA) is 30.0 Å². The van der Waals surface area contributed by atoms with E-state index in [1.807, 2.05) is 12.1 Å². The zero-order chi connectivity index (χ0) is 28.6. The molecule has 0 radical (unpaired) electrons. The average Bonchev–Trinajstić information content (AvgIpc) is 3.59. The van der Waals surface area contributed by atoms with Crippen LogP contribution in [0.2, 0.25) is 0 Å². The van der Waals surface area contributed by atoms with Crippen molar-refractivity contribution in [1.82, 2.24) is 19.6 Å². The Morgan fingerprint density at radius 1 is 0.881 bits per heavy atom. The highest BCUT2D eigenvalue weighted by Gasteiger charge is 2.40. The van der Waals surface area contributed by atoms with Crippen molar-refractivity contribution in [2.24, 2.45) is 0 Å². The minimum Gasteiger partial charge on any atom is -0.339 e. The van der Waals surface area contributed by atoms with E-state index in [-0.39, 0.29) is 17.8 Å². The maximum absolute atomic E-state index is 14.1. The molecule has 220 valence electrons. The number of benzene rings is 3. The number of hydrogen-bond donors (Lipinski definition) is 0. The molecule has 3 saturated heterocycles. The lowest BCUT2D eigenvalue weighted by molar-refractivity contribution is -0.138. The third-order valence-corrected chi connectivity index (χ3v) is 11.1. The molecule has 7 heteroatoms. The van der Waals surface area contributed by atoms with Gasteiger partial charge in [-0.05, 0) is 97.9 Å². The minimum absolute atomic E-state index is 0.122. The predicted molar refractivity (Wildman–Crippen MR) is 168 cm³/mol. The minimum atomic E-state index is -0.210. The molecule has 1 amide bonds. The van der Waals surface area contributed by atoms with Crippen molar-refractivity contribution in [3.63, 3.8) is 0 Å². The van der Waals surface area contributed by atoms with E-state index in [0.29, 0.717) is 11.3 Å². The van der Waals surface area contributed by atoms with Crippen LogP contribution in [0.15, 0.2) is 71.6 Å². The number of piperazine rings is 1. The molecular formula is C35H41FN4OS. The second-order valence-electron chi connectivity index (χ2n) is 12.6. The summed E-state index contributed by atoms with van der Waals surface area (Å²) < 4.78 is 13.6. The van der Waals surface area contributed by atoms with Crippen LogP contribution in [0.25, 0.3) is 11.1 Å². The highest BCUT2D eigenvalue weighted by atomic mass is 32.2. The molecule has 42 heavy (non-hydrogen) atoms. The SMILES string of the molecule is CN1CCC(N2CCN(C(=O)[C@@H]3C[C@@H](Sc4ccc(F)cc4)CN3Cc3ccc4c(c3)Cc3ccccc3-4)CC2)CC1. The van der Waals surface area contributed by atoms with Crippen molar-refractivity contribution in [3.8, 4) is 11.1 Å². The van der Waals surface area contributed by atoms with Gasteiger partial charge in [-0.2, -0.15) is 0 Å². The zero-order valence-electron chi connectivity index (χ0n) is 24.6. The van der Waals surface area contributed by atoms with Crippen LogP contribution in [0.3, 0.4) is 0 Å². The van der Waals surface area contributed by atoms with Gasteiger partial charge in [0.05, 0.1) is 6.04 Å². The molecule has 0 unspecified atom stereocenters. The molecule has 3 heterocycles. The van der Waals surface area contributed by atoms with Crippen molar-refractivity contribution in [2.45, 2.75) is 54.5 Å². The number of nitrogens with zero attached hydrogens (tertiary/aromatic N) is 4. The van der Waals surface area contributed by atoms with Crippen LogP contribution >= 0.6 is 11.8 Å². The molecule has 0 bridgehead atoms. The van der Waals surface area contributed by atoms with E-state index in [1.54, 1.807) is 11.8 Å². The van der Waals surface area contributed by atoms with Crippen molar-refractivity contribution >= 4 is 17.7 Å². The molecule has 0 aromatic heterocycles. The van der Waals surface area contributed by atoms with E-state index in [1.165, 1.54) is 65.9 Å². The number of rotatable bonds is 6. The standard InChI is InChI=1S/C35H41FN4OS/c1-37-14-12-29(13-15-37)38-16-18-39(19-17-38)35(41)34-22-31(42-30-9-7-28(36)8-10-30)24-40(34)23-25-6-11-33-27(20-25)21-26-4-2-3-5-32(26)33/h2-11,20,29,31,34H,12-19,21-24H2,1H3/t31-,34+/m1/s1. The Morgan fingerprint density at radius 2 is 1.62 bits per heavy atom. The average molecular weight is 585 g/mol. The zero-order valence-corrected chi connectivity index (χ0v) is 25.4. The number of piperidine rings is 1. The number of thioether (sulfide) groups is 1. The normalized spacial score (nSPS) is 23.7. The Balaban J connectivity index is 1.05. The van der Waals surface area contributed by atoms with Gasteiger partial charge in [-0.15, -0.1) is 11.8 Å². The van der Waals surface area contributed by atoms with Gasteiger partial charge in [0.1, 0.15) is 5.82 Å². The highest BCUT2D eigenvalue weighted by Crippen LogP contribution is 2.38. The first kappa shape index (κ1) is 28.1. The summed E-state index contributed by atoms with van der Waals surface area (Å²) >= 11 is 1.78. The first-order valence-electron chi connectivity index (χ1n) is 15.6. The summed E-state index contributed by atoms with van der Waals surface area (Å²) in [7, 11) is 2.21. The largest absolute Gasteiger partial charge is 0.339 e. The lowest BCUT2D eigenvalue weighted by Crippen LogP contribution is -2.56. The molecule has 3 aromatic carbocycles. The van der Waals surface area contributed by atoms with E-state index in [4.69, 9.17) is 0 Å². The van der Waals surface area contributed by atoms with E-state index in [0.717, 1.165) is 57.0 Å². The molecule has 0 N–H and O–H groups in total. The quantitative estimate of drug-likeness (QED) is 0.304. The van der Waals surface area contributed by atoms with Crippen molar-refractivity contribution in [3.05, 3.63) is 89.2 Å². The molecule has 4 aliphatic rings. The summed E-state index contributed by atoms with van der Waals surface area (Å²) in [6.07, 6.45) is 4.27. The number of carbonyl (C=O) groups is 1. The van der Waals surface area contributed by atoms with E-state index in [2.05, 4.69) is 69.1 Å². The highest BCUT2D eigenvalue weighted by molar-refractivity contribution is 8.00. The van der Waals surface area contributed by atoms with Crippen LogP contribution in [0.1, 0.15) is 36.0 Å². The van der Waals surface area contributed by atoms with Crippen LogP contribution in [0.4, 0.5) is 4.39 Å². The molecule has 1 aliphatic carbocycles. The maximum atomic E-state index is 14.1. The van der Waals surface area contributed by atoms with Gasteiger partial charge in [0.15, 0.2) is 0 Å². The lowest BCUT2D eigenvalue weighted by atomic mass is 10.0. The first-order valence-corrected chi connectivity index (χ1v) is 16.5. The number of fused-ring (bicyclic) bond motifs is 3. The van der Waals surface area contributed by atoms with Crippen molar-refractivity contribution in [1.29, 1.82) is 0 Å². The molecule has 5 nitrogen and oxygen atoms in total. The number of hydrogen-bond acceptors (Lipinski definition) is 5. The molecule has 3 aliphatic heterocycles. The van der Waals surface area contributed by atoms with Crippen LogP contribution in [-0.2, 0) is 17.8 Å². The van der Waals surface area contributed by atoms with E-state index in [9.17, 15) is 9.18 Å². The molecule has 3 fully saturated rings. The monoisotopic (exact) mass is 584 g/mol. The molecule has 0 spiro atoms. The molecular weight excluding hydrogens is 543 g/mol. The van der Waals surface area contributed by atoms with Gasteiger partial charge in [0.25, 0.3) is 0 Å². The fourth-order valence-electron chi connectivity index (χ4n) is 7.49. The van der Waals surface area contributed by atoms with E-state index < -0.39 is 0 Å². The first-order chi connectivity index (χ1) is 20.5. The second-order valence-corrected chi connectivity index (χ2v) is 14.0. The maximum Gasteiger partial charge on any atom is 0.240 e. The Hall–Kier alpha value is -2.71. The molecule has 0 saturated carbocycles. The van der Waals surface area contributed by atoms with Crippen LogP contribution < -0.4 is 0 Å². The Kier molecular flexibility index (Phi) is 8.10. The van der Waals surface area contributed by atoms with Crippen molar-refractivity contribution in [2.75, 3.05) is 52.9 Å². The van der Waals surface area contributed by atoms with Gasteiger partial charge >= 0.3 is 0 Å². The van der Waals surface area contributed by atoms with Crippen molar-refractivity contribution < 1.29 is 9.18 Å². The molecule has 7 rings (SSSR count). The van der Waals surface area contributed by atoms with Gasteiger partial charge in [0, 0.05) is 55.5 Å². The van der Waals surface area contributed by atoms with Crippen LogP contribution in [-0.4, -0.2) is 95.7 Å². The fourth-order valence-corrected chi connectivity index (χ4v) is 8.72. The van der Waals surface area contributed by atoms with Crippen LogP contribution in [0, 0.1) is 5.82 Å². The van der Waals surface area contributed by atoms with Crippen LogP contribution in [0.5, 0.6) is 0 Å². The summed E-state index contributed by atoms with van der Waals surface area (Å²) in [5, 5.41) is 0.295. The number of likely N-dealkylation sites (tertiary alicyclic amines) is 2. The van der Waals surface area contributed by atoms with Gasteiger partial charge in [0.2, 0.25) is 5.91 Å². The Morgan fingerprint density at radius 3 is 2.40 bits per heavy atom. The molecule has 2 atom stereocenters. The fraction of sp³-hybridized carbons (Fsp3) is 0.457. The Bertz CT molecular complexity index is 1410. The predicted octanol–water partition coefficient (Wildman–Crippen LogP) is 5.37. The lowest BCUT2D eigenvalue weighted by Gasteiger charge is -2.43. The van der Waals surface area contributed by atoms with E-state index >= 15 is 0 Å². The Labute approximate surface area is 253 Å². The second kappa shape index (κ2) is 12.1. The summed E-state index contributed by atoms with van der Waals surface area (Å²) in [6.45, 7) is 7.57. The number of amides is 1. The summed E-state index contributed by atoms with van der Waals surface area (Å²) in [6, 6.07) is 22.9. The van der Waals surface area contributed by atoms with Gasteiger partial charge in [-0.3, -0.25) is 14.6 Å². The van der Waals surface area contributed by atoms with Gasteiger partial charge < -0.3 is 9.80 Å². The molecule has 3 aromatic rings. The smallest absolute Gasteiger partial charge is 0.240 e. The van der Waals surface area contributed by atoms with Gasteiger partial charge in [-0.1, -0.05) is 42.5 Å². The third-order valence-electron chi connectivity index (χ3n) is 9.84. The summed E-state index contributed by atoms with van der Waals surface area (Å²) in [4.78, 5) is 24.8. The summed E-state index contributed by atoms with van der Waals surface area (Å²) in [5.74, 6) is 0.0763. The number of carbonyl (C=O) groups excluding carboxylic acids is 1. The van der Waals surface area contributed by atoms with Gasteiger partial charge in [-0.25, -0.2) is 4.39 Å². The summed E-state index contributed by atoms with van der Waals surface area (Å²) in [5.41, 5.74) is 6.75.